The van der Waals surface area contributed by atoms with E-state index >= 15 is 0 Å². The van der Waals surface area contributed by atoms with E-state index in [1.54, 1.807) is 5.57 Å². The molecule has 1 aromatic rings. The van der Waals surface area contributed by atoms with E-state index in [0.717, 1.165) is 12.0 Å². The molecule has 0 saturated heterocycles. The molecule has 0 heterocycles. The zero-order chi connectivity index (χ0) is 13.0. The zero-order valence-corrected chi connectivity index (χ0v) is 11.7. The Balaban J connectivity index is 2.31. The zero-order valence-electron chi connectivity index (χ0n) is 11.7. The Hall–Kier alpha value is -1.48. The largest absolute Gasteiger partial charge is 0.0661 e. The van der Waals surface area contributed by atoms with Gasteiger partial charge in [0.25, 0.3) is 0 Å². The summed E-state index contributed by atoms with van der Waals surface area (Å²) in [5.41, 5.74) is 4.33. The Labute approximate surface area is 111 Å². The molecular formula is C18H22. The summed E-state index contributed by atoms with van der Waals surface area (Å²) >= 11 is 0. The van der Waals surface area contributed by atoms with Crippen LogP contribution in [0.15, 0.2) is 41.5 Å². The lowest BCUT2D eigenvalue weighted by atomic mass is 9.76. The summed E-state index contributed by atoms with van der Waals surface area (Å²) in [4.78, 5) is 0. The minimum absolute atomic E-state index is 0.265. The third-order valence-electron chi connectivity index (χ3n) is 3.50. The van der Waals surface area contributed by atoms with E-state index in [4.69, 9.17) is 0 Å². The summed E-state index contributed by atoms with van der Waals surface area (Å²) in [6, 6.07) is 10.3. The number of rotatable bonds is 0. The molecule has 0 atom stereocenters. The van der Waals surface area contributed by atoms with Crippen LogP contribution in [0.4, 0.5) is 0 Å². The molecule has 0 spiro atoms. The highest BCUT2D eigenvalue weighted by Crippen LogP contribution is 2.36. The summed E-state index contributed by atoms with van der Waals surface area (Å²) in [6.07, 6.45) is 5.00. The van der Waals surface area contributed by atoms with Gasteiger partial charge in [-0.3, -0.25) is 0 Å². The predicted octanol–water partition coefficient (Wildman–Crippen LogP) is 4.95. The van der Waals surface area contributed by atoms with Crippen molar-refractivity contribution in [1.29, 1.82) is 0 Å². The molecule has 1 aliphatic rings. The Morgan fingerprint density at radius 3 is 2.22 bits per heavy atom. The van der Waals surface area contributed by atoms with Crippen molar-refractivity contribution in [3.05, 3.63) is 47.0 Å². The van der Waals surface area contributed by atoms with Crippen molar-refractivity contribution in [2.45, 2.75) is 46.5 Å². The fourth-order valence-electron chi connectivity index (χ4n) is 2.54. The second-order valence-corrected chi connectivity index (χ2v) is 6.03. The van der Waals surface area contributed by atoms with Crippen LogP contribution in [0.5, 0.6) is 0 Å². The van der Waals surface area contributed by atoms with Crippen LogP contribution in [0.1, 0.15) is 52.0 Å². The number of allylic oxidation sites excluding steroid dienone is 2. The smallest absolute Gasteiger partial charge is 0.0248 e. The Morgan fingerprint density at radius 1 is 0.889 bits per heavy atom. The summed E-state index contributed by atoms with van der Waals surface area (Å²) in [6.45, 7) is 6.91. The van der Waals surface area contributed by atoms with Gasteiger partial charge in [-0.2, -0.15) is 0 Å². The predicted molar refractivity (Wildman–Crippen MR) is 78.3 cm³/mol. The first-order valence-corrected chi connectivity index (χ1v) is 6.87. The van der Waals surface area contributed by atoms with Crippen molar-refractivity contribution in [1.82, 2.24) is 0 Å². The molecule has 0 radical (unpaired) electrons. The van der Waals surface area contributed by atoms with Gasteiger partial charge >= 0.3 is 0 Å². The van der Waals surface area contributed by atoms with E-state index in [9.17, 15) is 0 Å². The van der Waals surface area contributed by atoms with Gasteiger partial charge in [-0.15, -0.1) is 0 Å². The number of hydrogen-bond acceptors (Lipinski definition) is 0. The van der Waals surface area contributed by atoms with Gasteiger partial charge in [-0.1, -0.05) is 56.4 Å². The maximum Gasteiger partial charge on any atom is 0.0248 e. The first-order valence-electron chi connectivity index (χ1n) is 6.87. The quantitative estimate of drug-likeness (QED) is 0.561. The molecule has 0 fully saturated rings. The maximum atomic E-state index is 3.42. The van der Waals surface area contributed by atoms with Crippen LogP contribution in [0.25, 0.3) is 0 Å². The van der Waals surface area contributed by atoms with Crippen molar-refractivity contribution < 1.29 is 0 Å². The van der Waals surface area contributed by atoms with Gasteiger partial charge in [0.15, 0.2) is 0 Å². The van der Waals surface area contributed by atoms with Crippen LogP contribution in [0.2, 0.25) is 0 Å². The van der Waals surface area contributed by atoms with Crippen molar-refractivity contribution >= 4 is 0 Å². The number of hydrogen-bond donors (Lipinski definition) is 0. The third-order valence-corrected chi connectivity index (χ3v) is 3.50. The topological polar surface area (TPSA) is 0 Å². The highest BCUT2D eigenvalue weighted by atomic mass is 14.3. The molecule has 0 bridgehead atoms. The average Bonchev–Trinajstić information content (AvgIpc) is 2.37. The van der Waals surface area contributed by atoms with Gasteiger partial charge in [0.05, 0.1) is 0 Å². The van der Waals surface area contributed by atoms with E-state index in [-0.39, 0.29) is 5.41 Å². The first-order chi connectivity index (χ1) is 8.57. The Morgan fingerprint density at radius 2 is 1.56 bits per heavy atom. The minimum Gasteiger partial charge on any atom is -0.0661 e. The van der Waals surface area contributed by atoms with Crippen molar-refractivity contribution in [2.24, 2.45) is 5.41 Å². The summed E-state index contributed by atoms with van der Waals surface area (Å²) < 4.78 is 0. The minimum atomic E-state index is 0.265. The standard InChI is InChI=1S/C18H22/c1-18(2,3)17-12-8-7-11-16(17)14-13-15-9-5-4-6-10-15/h4-6,9-10H,7-8,11-12H2,1-3H3. The molecule has 0 unspecified atom stereocenters. The SMILES string of the molecule is CC(C)(C)C1=C(C#Cc2ccccc2)CCCC1. The van der Waals surface area contributed by atoms with E-state index < -0.39 is 0 Å². The maximum absolute atomic E-state index is 3.42. The molecule has 0 amide bonds. The summed E-state index contributed by atoms with van der Waals surface area (Å²) in [5.74, 6) is 6.73. The molecule has 0 heteroatoms. The molecule has 0 aromatic heterocycles. The lowest BCUT2D eigenvalue weighted by Gasteiger charge is -2.28. The Bertz CT molecular complexity index is 486. The number of benzene rings is 1. The van der Waals surface area contributed by atoms with Gasteiger partial charge in [-0.25, -0.2) is 0 Å². The van der Waals surface area contributed by atoms with Crippen LogP contribution < -0.4 is 0 Å². The molecule has 94 valence electrons. The van der Waals surface area contributed by atoms with Crippen molar-refractivity contribution in [3.8, 4) is 11.8 Å². The van der Waals surface area contributed by atoms with Crippen molar-refractivity contribution in [2.75, 3.05) is 0 Å². The molecule has 18 heavy (non-hydrogen) atoms. The lowest BCUT2D eigenvalue weighted by molar-refractivity contribution is 0.454. The molecule has 1 aromatic carbocycles. The van der Waals surface area contributed by atoms with E-state index in [1.807, 2.05) is 18.2 Å². The normalized spacial score (nSPS) is 16.2. The van der Waals surface area contributed by atoms with Crippen LogP contribution in [-0.4, -0.2) is 0 Å². The molecule has 0 N–H and O–H groups in total. The monoisotopic (exact) mass is 238 g/mol. The van der Waals surface area contributed by atoms with Crippen LogP contribution in [0, 0.1) is 17.3 Å². The highest BCUT2D eigenvalue weighted by molar-refractivity contribution is 5.44. The second kappa shape index (κ2) is 5.44. The third kappa shape index (κ3) is 3.26. The fourth-order valence-corrected chi connectivity index (χ4v) is 2.54. The Kier molecular flexibility index (Phi) is 3.92. The highest BCUT2D eigenvalue weighted by Gasteiger charge is 2.22. The molecular weight excluding hydrogens is 216 g/mol. The van der Waals surface area contributed by atoms with Crippen LogP contribution >= 0.6 is 0 Å². The van der Waals surface area contributed by atoms with Gasteiger partial charge in [-0.05, 0) is 43.2 Å². The lowest BCUT2D eigenvalue weighted by Crippen LogP contribution is -2.14. The summed E-state index contributed by atoms with van der Waals surface area (Å²) in [5, 5.41) is 0. The van der Waals surface area contributed by atoms with E-state index in [0.29, 0.717) is 0 Å². The average molecular weight is 238 g/mol. The van der Waals surface area contributed by atoms with Gasteiger partial charge < -0.3 is 0 Å². The molecule has 1 aliphatic carbocycles. The molecule has 2 rings (SSSR count). The first kappa shape index (κ1) is 13.0. The van der Waals surface area contributed by atoms with E-state index in [2.05, 4.69) is 44.7 Å². The van der Waals surface area contributed by atoms with Gasteiger partial charge in [0.2, 0.25) is 0 Å². The van der Waals surface area contributed by atoms with Gasteiger partial charge in [0, 0.05) is 11.1 Å². The fraction of sp³-hybridized carbons (Fsp3) is 0.444. The van der Waals surface area contributed by atoms with Gasteiger partial charge in [0.1, 0.15) is 0 Å². The summed E-state index contributed by atoms with van der Waals surface area (Å²) in [7, 11) is 0. The van der Waals surface area contributed by atoms with Crippen LogP contribution in [-0.2, 0) is 0 Å². The van der Waals surface area contributed by atoms with Crippen molar-refractivity contribution in [3.63, 3.8) is 0 Å². The van der Waals surface area contributed by atoms with Crippen LogP contribution in [0.3, 0.4) is 0 Å². The molecule has 0 nitrogen and oxygen atoms in total. The molecule has 0 saturated carbocycles. The molecule has 0 aliphatic heterocycles. The van der Waals surface area contributed by atoms with E-state index in [1.165, 1.54) is 24.8 Å². The second-order valence-electron chi connectivity index (χ2n) is 6.03.